The molecular weight excluding hydrogens is 450 g/mol. The van der Waals surface area contributed by atoms with Crippen LogP contribution in [0.1, 0.15) is 42.5 Å². The van der Waals surface area contributed by atoms with Gasteiger partial charge in [0.1, 0.15) is 0 Å². The summed E-state index contributed by atoms with van der Waals surface area (Å²) in [5.41, 5.74) is 5.26. The van der Waals surface area contributed by atoms with Crippen LogP contribution in [0, 0.1) is 12.8 Å². The van der Waals surface area contributed by atoms with E-state index in [0.717, 1.165) is 65.0 Å². The normalized spacial score (nSPS) is 21.0. The van der Waals surface area contributed by atoms with Crippen LogP contribution in [-0.2, 0) is 27.4 Å². The first-order chi connectivity index (χ1) is 17.6. The van der Waals surface area contributed by atoms with Gasteiger partial charge in [0, 0.05) is 56.1 Å². The number of carbonyl (C=O) groups is 1. The highest BCUT2D eigenvalue weighted by Crippen LogP contribution is 2.33. The Labute approximate surface area is 213 Å². The quantitative estimate of drug-likeness (QED) is 0.529. The SMILES string of the molecule is Cc1cccc(Cn2c(CN3CCC(C(=O)N4CCC5(CC4)OCCO5)CC3)cc3ccccc32)c1. The van der Waals surface area contributed by atoms with E-state index in [4.69, 9.17) is 9.47 Å². The van der Waals surface area contributed by atoms with Crippen molar-refractivity contribution in [2.24, 2.45) is 5.92 Å². The highest BCUT2D eigenvalue weighted by Gasteiger charge is 2.41. The van der Waals surface area contributed by atoms with Gasteiger partial charge >= 0.3 is 0 Å². The molecule has 0 N–H and O–H groups in total. The molecule has 0 atom stereocenters. The minimum Gasteiger partial charge on any atom is -0.347 e. The fourth-order valence-electron chi connectivity index (χ4n) is 6.26. The molecule has 0 bridgehead atoms. The first-order valence-electron chi connectivity index (χ1n) is 13.5. The fraction of sp³-hybridized carbons (Fsp3) is 0.500. The first-order valence-corrected chi connectivity index (χ1v) is 13.5. The van der Waals surface area contributed by atoms with Crippen molar-refractivity contribution in [3.05, 3.63) is 71.4 Å². The number of nitrogens with zero attached hydrogens (tertiary/aromatic N) is 3. The molecule has 6 rings (SSSR count). The van der Waals surface area contributed by atoms with Gasteiger partial charge in [-0.15, -0.1) is 0 Å². The van der Waals surface area contributed by atoms with Crippen molar-refractivity contribution >= 4 is 16.8 Å². The number of carbonyl (C=O) groups excluding carboxylic acids is 1. The number of rotatable bonds is 5. The van der Waals surface area contributed by atoms with Gasteiger partial charge in [0.25, 0.3) is 0 Å². The van der Waals surface area contributed by atoms with Crippen LogP contribution in [0.4, 0.5) is 0 Å². The maximum atomic E-state index is 13.2. The van der Waals surface area contributed by atoms with Crippen LogP contribution in [0.2, 0.25) is 0 Å². The third kappa shape index (κ3) is 4.82. The Hall–Kier alpha value is -2.67. The molecule has 1 spiro atoms. The number of ether oxygens (including phenoxy) is 2. The van der Waals surface area contributed by atoms with Crippen LogP contribution in [0.15, 0.2) is 54.6 Å². The molecule has 1 aromatic heterocycles. The molecule has 3 saturated heterocycles. The zero-order valence-corrected chi connectivity index (χ0v) is 21.3. The second kappa shape index (κ2) is 10.0. The standard InChI is InChI=1S/C30H37N3O3/c1-23-5-4-6-24(19-23)21-33-27(20-26-7-2-3-8-28(26)33)22-31-13-9-25(10-14-31)29(34)32-15-11-30(12-16-32)35-17-18-36-30/h2-8,19-20,25H,9-18,21-22H2,1H3. The lowest BCUT2D eigenvalue weighted by Gasteiger charge is -2.40. The topological polar surface area (TPSA) is 46.9 Å². The minimum atomic E-state index is -0.420. The van der Waals surface area contributed by atoms with Crippen LogP contribution < -0.4 is 0 Å². The number of hydrogen-bond donors (Lipinski definition) is 0. The Balaban J connectivity index is 1.09. The van der Waals surface area contributed by atoms with E-state index in [1.54, 1.807) is 0 Å². The molecule has 36 heavy (non-hydrogen) atoms. The van der Waals surface area contributed by atoms with Gasteiger partial charge in [-0.25, -0.2) is 0 Å². The van der Waals surface area contributed by atoms with Crippen molar-refractivity contribution in [2.45, 2.75) is 51.5 Å². The van der Waals surface area contributed by atoms with E-state index in [0.29, 0.717) is 19.1 Å². The number of para-hydroxylation sites is 1. The van der Waals surface area contributed by atoms with Crippen LogP contribution in [-0.4, -0.2) is 65.5 Å². The number of hydrogen-bond acceptors (Lipinski definition) is 4. The van der Waals surface area contributed by atoms with Crippen LogP contribution in [0.3, 0.4) is 0 Å². The third-order valence-electron chi connectivity index (χ3n) is 8.29. The Morgan fingerprint density at radius 1 is 0.917 bits per heavy atom. The maximum absolute atomic E-state index is 13.2. The minimum absolute atomic E-state index is 0.138. The van der Waals surface area contributed by atoms with Gasteiger partial charge in [-0.3, -0.25) is 9.69 Å². The van der Waals surface area contributed by atoms with Crippen molar-refractivity contribution in [1.29, 1.82) is 0 Å². The predicted octanol–water partition coefficient (Wildman–Crippen LogP) is 4.58. The van der Waals surface area contributed by atoms with Crippen molar-refractivity contribution in [1.82, 2.24) is 14.4 Å². The molecule has 3 aliphatic heterocycles. The van der Waals surface area contributed by atoms with E-state index in [1.165, 1.54) is 27.7 Å². The lowest BCUT2D eigenvalue weighted by atomic mass is 9.93. The molecule has 6 nitrogen and oxygen atoms in total. The summed E-state index contributed by atoms with van der Waals surface area (Å²) in [6.45, 7) is 8.73. The number of aromatic nitrogens is 1. The lowest BCUT2D eigenvalue weighted by Crippen LogP contribution is -2.50. The van der Waals surface area contributed by atoms with Gasteiger partial charge in [0.15, 0.2) is 5.79 Å². The largest absolute Gasteiger partial charge is 0.347 e. The molecular formula is C30H37N3O3. The molecule has 3 aromatic rings. The lowest BCUT2D eigenvalue weighted by molar-refractivity contribution is -0.188. The third-order valence-corrected chi connectivity index (χ3v) is 8.29. The van der Waals surface area contributed by atoms with Crippen LogP contribution in [0.5, 0.6) is 0 Å². The number of amides is 1. The van der Waals surface area contributed by atoms with E-state index in [2.05, 4.69) is 75.9 Å². The van der Waals surface area contributed by atoms with Gasteiger partial charge < -0.3 is 18.9 Å². The maximum Gasteiger partial charge on any atom is 0.225 e. The average molecular weight is 488 g/mol. The Morgan fingerprint density at radius 3 is 2.42 bits per heavy atom. The summed E-state index contributed by atoms with van der Waals surface area (Å²) in [5, 5.41) is 1.29. The molecule has 4 heterocycles. The molecule has 2 aromatic carbocycles. The zero-order valence-electron chi connectivity index (χ0n) is 21.3. The number of fused-ring (bicyclic) bond motifs is 1. The van der Waals surface area contributed by atoms with Gasteiger partial charge in [-0.1, -0.05) is 48.0 Å². The van der Waals surface area contributed by atoms with Crippen LogP contribution >= 0.6 is 0 Å². The number of aryl methyl sites for hydroxylation is 1. The van der Waals surface area contributed by atoms with Crippen molar-refractivity contribution in [3.63, 3.8) is 0 Å². The molecule has 0 aliphatic carbocycles. The Bertz CT molecular complexity index is 1210. The Morgan fingerprint density at radius 2 is 1.67 bits per heavy atom. The summed E-state index contributed by atoms with van der Waals surface area (Å²) in [5.74, 6) is 0.0479. The highest BCUT2D eigenvalue weighted by molar-refractivity contribution is 5.81. The van der Waals surface area contributed by atoms with E-state index in [9.17, 15) is 4.79 Å². The number of piperidine rings is 2. The molecule has 3 fully saturated rings. The summed E-state index contributed by atoms with van der Waals surface area (Å²) in [4.78, 5) is 17.8. The molecule has 6 heteroatoms. The number of benzene rings is 2. The van der Waals surface area contributed by atoms with Gasteiger partial charge in [0.05, 0.1) is 13.2 Å². The summed E-state index contributed by atoms with van der Waals surface area (Å²) < 4.78 is 14.1. The second-order valence-corrected chi connectivity index (χ2v) is 10.8. The molecule has 1 amide bonds. The summed E-state index contributed by atoms with van der Waals surface area (Å²) in [7, 11) is 0. The smallest absolute Gasteiger partial charge is 0.225 e. The molecule has 3 aliphatic rings. The van der Waals surface area contributed by atoms with Gasteiger partial charge in [-0.2, -0.15) is 0 Å². The van der Waals surface area contributed by atoms with E-state index >= 15 is 0 Å². The predicted molar refractivity (Wildman–Crippen MR) is 141 cm³/mol. The van der Waals surface area contributed by atoms with E-state index < -0.39 is 5.79 Å². The first kappa shape index (κ1) is 23.7. The Kier molecular flexibility index (Phi) is 6.59. The van der Waals surface area contributed by atoms with Gasteiger partial charge in [-0.05, 0) is 55.9 Å². The second-order valence-electron chi connectivity index (χ2n) is 10.8. The van der Waals surface area contributed by atoms with Crippen molar-refractivity contribution < 1.29 is 14.3 Å². The molecule has 0 unspecified atom stereocenters. The van der Waals surface area contributed by atoms with E-state index in [1.807, 2.05) is 0 Å². The van der Waals surface area contributed by atoms with E-state index in [-0.39, 0.29) is 5.92 Å². The number of likely N-dealkylation sites (tertiary alicyclic amines) is 2. The molecule has 190 valence electrons. The van der Waals surface area contributed by atoms with Gasteiger partial charge in [0.2, 0.25) is 5.91 Å². The summed E-state index contributed by atoms with van der Waals surface area (Å²) in [6, 6.07) is 19.8. The molecule has 0 saturated carbocycles. The fourth-order valence-corrected chi connectivity index (χ4v) is 6.26. The zero-order chi connectivity index (χ0) is 24.5. The van der Waals surface area contributed by atoms with Crippen molar-refractivity contribution in [3.8, 4) is 0 Å². The van der Waals surface area contributed by atoms with Crippen molar-refractivity contribution in [2.75, 3.05) is 39.4 Å². The highest BCUT2D eigenvalue weighted by atomic mass is 16.7. The van der Waals surface area contributed by atoms with Crippen LogP contribution in [0.25, 0.3) is 10.9 Å². The summed E-state index contributed by atoms with van der Waals surface area (Å²) >= 11 is 0. The molecule has 0 radical (unpaired) electrons. The summed E-state index contributed by atoms with van der Waals surface area (Å²) in [6.07, 6.45) is 3.46. The average Bonchev–Trinajstić information content (AvgIpc) is 3.49. The monoisotopic (exact) mass is 487 g/mol.